The summed E-state index contributed by atoms with van der Waals surface area (Å²) in [5, 5.41) is 10.7. The predicted octanol–water partition coefficient (Wildman–Crippen LogP) is 4.84. The highest BCUT2D eigenvalue weighted by atomic mass is 16.6. The smallest absolute Gasteiger partial charge is 0.161 e. The highest BCUT2D eigenvalue weighted by Gasteiger charge is 2.63. The van der Waals surface area contributed by atoms with Crippen molar-refractivity contribution in [1.29, 1.82) is 0 Å². The van der Waals surface area contributed by atoms with E-state index in [1.54, 1.807) is 0 Å². The minimum atomic E-state index is -0.581. The summed E-state index contributed by atoms with van der Waals surface area (Å²) in [6, 6.07) is 0. The first-order valence-electron chi connectivity index (χ1n) is 9.01. The topological polar surface area (TPSA) is 29.5 Å². The largest absolute Gasteiger partial charge is 0.367 e. The summed E-state index contributed by atoms with van der Waals surface area (Å²) >= 11 is 0. The SMILES string of the molecule is C=C1CC[C@H]2[C@](C)(CCC=C(C)C)CCC[C@@]23[C@H](O)OC[C@@H]13. The average Bonchev–Trinajstić information content (AvgIpc) is 2.77. The second kappa shape index (κ2) is 5.79. The normalized spacial score (nSPS) is 44.4. The third-order valence-corrected chi connectivity index (χ3v) is 6.89. The number of hydrogen-bond acceptors (Lipinski definition) is 2. The molecule has 0 aromatic rings. The quantitative estimate of drug-likeness (QED) is 0.756. The van der Waals surface area contributed by atoms with Crippen LogP contribution >= 0.6 is 0 Å². The van der Waals surface area contributed by atoms with E-state index in [9.17, 15) is 5.11 Å². The molecular weight excluding hydrogens is 272 g/mol. The zero-order chi connectivity index (χ0) is 16.0. The van der Waals surface area contributed by atoms with Gasteiger partial charge in [-0.2, -0.15) is 0 Å². The molecule has 1 heterocycles. The number of rotatable bonds is 3. The molecule has 1 saturated heterocycles. The van der Waals surface area contributed by atoms with Gasteiger partial charge in [-0.25, -0.2) is 0 Å². The Bertz CT molecular complexity index is 476. The standard InChI is InChI=1S/C20H32O2/c1-14(2)7-5-10-19(4)11-6-12-20-16(13-22-18(20)21)15(3)8-9-17(19)20/h7,16-18,21H,3,5-6,8-13H2,1-2,4H3/t16-,17-,18+,19+,20-/m0/s1. The van der Waals surface area contributed by atoms with E-state index in [0.29, 0.717) is 23.9 Å². The summed E-state index contributed by atoms with van der Waals surface area (Å²) < 4.78 is 5.75. The lowest BCUT2D eigenvalue weighted by Gasteiger charge is -2.58. The molecule has 3 fully saturated rings. The van der Waals surface area contributed by atoms with Crippen molar-refractivity contribution in [3.8, 4) is 0 Å². The molecule has 0 amide bonds. The van der Waals surface area contributed by atoms with E-state index < -0.39 is 6.29 Å². The Balaban J connectivity index is 1.89. The summed E-state index contributed by atoms with van der Waals surface area (Å²) in [6.07, 6.45) is 10.1. The molecule has 2 saturated carbocycles. The van der Waals surface area contributed by atoms with Crippen LogP contribution in [0.5, 0.6) is 0 Å². The number of aliphatic hydroxyl groups excluding tert-OH is 1. The Hall–Kier alpha value is -0.600. The molecule has 0 radical (unpaired) electrons. The van der Waals surface area contributed by atoms with E-state index in [-0.39, 0.29) is 5.41 Å². The summed E-state index contributed by atoms with van der Waals surface area (Å²) in [4.78, 5) is 0. The van der Waals surface area contributed by atoms with Crippen molar-refractivity contribution in [3.63, 3.8) is 0 Å². The van der Waals surface area contributed by atoms with Crippen LogP contribution in [0.3, 0.4) is 0 Å². The van der Waals surface area contributed by atoms with Gasteiger partial charge < -0.3 is 9.84 Å². The second-order valence-electron chi connectivity index (χ2n) is 8.43. The van der Waals surface area contributed by atoms with Crippen LogP contribution in [0.25, 0.3) is 0 Å². The zero-order valence-corrected chi connectivity index (χ0v) is 14.5. The number of allylic oxidation sites excluding steroid dienone is 2. The van der Waals surface area contributed by atoms with E-state index in [2.05, 4.69) is 33.4 Å². The van der Waals surface area contributed by atoms with Crippen molar-refractivity contribution in [3.05, 3.63) is 23.8 Å². The summed E-state index contributed by atoms with van der Waals surface area (Å²) in [7, 11) is 0. The van der Waals surface area contributed by atoms with Gasteiger partial charge in [0, 0.05) is 11.3 Å². The Labute approximate surface area is 135 Å². The lowest BCUT2D eigenvalue weighted by atomic mass is 9.46. The molecular formula is C20H32O2. The summed E-state index contributed by atoms with van der Waals surface area (Å²) in [5.74, 6) is 0.955. The third kappa shape index (κ3) is 2.39. The van der Waals surface area contributed by atoms with Crippen molar-refractivity contribution >= 4 is 0 Å². The minimum Gasteiger partial charge on any atom is -0.367 e. The summed E-state index contributed by atoms with van der Waals surface area (Å²) in [5.41, 5.74) is 3.01. The molecule has 3 rings (SSSR count). The molecule has 0 unspecified atom stereocenters. The molecule has 2 aliphatic carbocycles. The molecule has 0 aromatic heterocycles. The summed E-state index contributed by atoms with van der Waals surface area (Å²) in [6.45, 7) is 11.8. The van der Waals surface area contributed by atoms with Gasteiger partial charge in [-0.05, 0) is 63.7 Å². The van der Waals surface area contributed by atoms with E-state index >= 15 is 0 Å². The molecule has 3 aliphatic rings. The van der Waals surface area contributed by atoms with E-state index in [0.717, 1.165) is 19.3 Å². The number of ether oxygens (including phenoxy) is 1. The van der Waals surface area contributed by atoms with Crippen LogP contribution in [0.15, 0.2) is 23.8 Å². The van der Waals surface area contributed by atoms with Crippen molar-refractivity contribution < 1.29 is 9.84 Å². The Morgan fingerprint density at radius 3 is 2.91 bits per heavy atom. The molecule has 1 aliphatic heterocycles. The first-order chi connectivity index (χ1) is 10.4. The minimum absolute atomic E-state index is 0.0483. The van der Waals surface area contributed by atoms with Gasteiger partial charge in [0.05, 0.1) is 6.61 Å². The zero-order valence-electron chi connectivity index (χ0n) is 14.5. The number of aliphatic hydroxyl groups is 1. The molecule has 22 heavy (non-hydrogen) atoms. The van der Waals surface area contributed by atoms with Gasteiger partial charge in [-0.3, -0.25) is 0 Å². The maximum absolute atomic E-state index is 10.7. The molecule has 2 heteroatoms. The highest BCUT2D eigenvalue weighted by molar-refractivity contribution is 5.20. The van der Waals surface area contributed by atoms with Crippen molar-refractivity contribution in [2.75, 3.05) is 6.61 Å². The monoisotopic (exact) mass is 304 g/mol. The first-order valence-corrected chi connectivity index (χ1v) is 9.01. The fraction of sp³-hybridized carbons (Fsp3) is 0.800. The van der Waals surface area contributed by atoms with Crippen LogP contribution in [-0.2, 0) is 4.74 Å². The second-order valence-corrected chi connectivity index (χ2v) is 8.43. The van der Waals surface area contributed by atoms with E-state index in [1.165, 1.54) is 36.8 Å². The third-order valence-electron chi connectivity index (χ3n) is 6.89. The molecule has 1 spiro atoms. The fourth-order valence-corrected chi connectivity index (χ4v) is 5.79. The maximum Gasteiger partial charge on any atom is 0.161 e. The molecule has 0 aromatic carbocycles. The van der Waals surface area contributed by atoms with Crippen LogP contribution < -0.4 is 0 Å². The van der Waals surface area contributed by atoms with Crippen LogP contribution in [0.4, 0.5) is 0 Å². The lowest BCUT2D eigenvalue weighted by Crippen LogP contribution is -2.54. The van der Waals surface area contributed by atoms with Gasteiger partial charge in [0.2, 0.25) is 0 Å². The molecule has 5 atom stereocenters. The highest BCUT2D eigenvalue weighted by Crippen LogP contribution is 2.65. The van der Waals surface area contributed by atoms with Crippen molar-refractivity contribution in [1.82, 2.24) is 0 Å². The molecule has 1 N–H and O–H groups in total. The Morgan fingerprint density at radius 1 is 1.41 bits per heavy atom. The lowest BCUT2D eigenvalue weighted by molar-refractivity contribution is -0.183. The molecule has 2 nitrogen and oxygen atoms in total. The molecule has 124 valence electrons. The molecule has 0 bridgehead atoms. The fourth-order valence-electron chi connectivity index (χ4n) is 5.79. The van der Waals surface area contributed by atoms with Gasteiger partial charge in [0.15, 0.2) is 6.29 Å². The van der Waals surface area contributed by atoms with Crippen molar-refractivity contribution in [2.24, 2.45) is 22.7 Å². The van der Waals surface area contributed by atoms with Gasteiger partial charge in [0.25, 0.3) is 0 Å². The van der Waals surface area contributed by atoms with Crippen LogP contribution in [-0.4, -0.2) is 18.0 Å². The van der Waals surface area contributed by atoms with Gasteiger partial charge in [-0.1, -0.05) is 37.1 Å². The van der Waals surface area contributed by atoms with Gasteiger partial charge in [0.1, 0.15) is 0 Å². The first kappa shape index (κ1) is 16.3. The van der Waals surface area contributed by atoms with Gasteiger partial charge >= 0.3 is 0 Å². The van der Waals surface area contributed by atoms with Crippen molar-refractivity contribution in [2.45, 2.75) is 72.0 Å². The van der Waals surface area contributed by atoms with E-state index in [4.69, 9.17) is 4.74 Å². The van der Waals surface area contributed by atoms with Gasteiger partial charge in [-0.15, -0.1) is 0 Å². The maximum atomic E-state index is 10.7. The van der Waals surface area contributed by atoms with Crippen LogP contribution in [0.1, 0.15) is 65.7 Å². The van der Waals surface area contributed by atoms with Crippen LogP contribution in [0, 0.1) is 22.7 Å². The van der Waals surface area contributed by atoms with Crippen LogP contribution in [0.2, 0.25) is 0 Å². The predicted molar refractivity (Wildman–Crippen MR) is 90.4 cm³/mol. The Morgan fingerprint density at radius 2 is 2.18 bits per heavy atom. The Kier molecular flexibility index (Phi) is 4.28. The number of hydrogen-bond donors (Lipinski definition) is 1. The van der Waals surface area contributed by atoms with E-state index in [1.807, 2.05) is 0 Å². The average molecular weight is 304 g/mol.